The lowest BCUT2D eigenvalue weighted by Crippen LogP contribution is -2.49. The quantitative estimate of drug-likeness (QED) is 0.601. The van der Waals surface area contributed by atoms with Crippen LogP contribution in [0, 0.1) is 11.3 Å². The first-order valence-corrected chi connectivity index (χ1v) is 8.39. The SMILES string of the molecule is CN=C(NCC1(C)CCOC1)NC1CN(C2CC2)CC1C. The number of nitrogens with one attached hydrogen (secondary N) is 2. The lowest BCUT2D eigenvalue weighted by Gasteiger charge is -2.25. The number of likely N-dealkylation sites (tertiary alicyclic amines) is 1. The second-order valence-electron chi connectivity index (χ2n) is 7.45. The highest BCUT2D eigenvalue weighted by Gasteiger charge is 2.38. The van der Waals surface area contributed by atoms with Gasteiger partial charge in [-0.1, -0.05) is 13.8 Å². The summed E-state index contributed by atoms with van der Waals surface area (Å²) in [6.45, 7) is 9.69. The third kappa shape index (κ3) is 3.69. The zero-order valence-electron chi connectivity index (χ0n) is 13.7. The molecule has 3 fully saturated rings. The van der Waals surface area contributed by atoms with E-state index in [2.05, 4.69) is 34.4 Å². The van der Waals surface area contributed by atoms with Gasteiger partial charge >= 0.3 is 0 Å². The van der Waals surface area contributed by atoms with Crippen LogP contribution < -0.4 is 10.6 Å². The zero-order chi connectivity index (χ0) is 14.9. The average Bonchev–Trinajstić information content (AvgIpc) is 3.14. The first-order chi connectivity index (χ1) is 10.1. The van der Waals surface area contributed by atoms with E-state index in [9.17, 15) is 0 Å². The van der Waals surface area contributed by atoms with E-state index in [1.165, 1.54) is 19.4 Å². The Hall–Kier alpha value is -0.810. The Morgan fingerprint density at radius 1 is 1.38 bits per heavy atom. The van der Waals surface area contributed by atoms with Crippen LogP contribution in [0.15, 0.2) is 4.99 Å². The predicted molar refractivity (Wildman–Crippen MR) is 85.6 cm³/mol. The summed E-state index contributed by atoms with van der Waals surface area (Å²) >= 11 is 0. The summed E-state index contributed by atoms with van der Waals surface area (Å²) < 4.78 is 5.52. The molecule has 0 amide bonds. The molecule has 0 spiro atoms. The van der Waals surface area contributed by atoms with Crippen molar-refractivity contribution in [2.24, 2.45) is 16.3 Å². The number of guanidine groups is 1. The Morgan fingerprint density at radius 3 is 2.81 bits per heavy atom. The molecule has 3 rings (SSSR count). The number of aliphatic imine (C=N–C) groups is 1. The Bertz CT molecular complexity index is 388. The standard InChI is InChI=1S/C16H30N4O/c1-12-8-20(13-4-5-13)9-14(12)19-15(17-3)18-10-16(2)6-7-21-11-16/h12-14H,4-11H2,1-3H3,(H2,17,18,19). The number of hydrogen-bond acceptors (Lipinski definition) is 3. The molecule has 2 saturated heterocycles. The van der Waals surface area contributed by atoms with E-state index in [0.717, 1.165) is 44.7 Å². The summed E-state index contributed by atoms with van der Waals surface area (Å²) in [5.41, 5.74) is 0.249. The molecule has 3 unspecified atom stereocenters. The van der Waals surface area contributed by atoms with Gasteiger partial charge in [-0.3, -0.25) is 9.89 Å². The summed E-state index contributed by atoms with van der Waals surface area (Å²) in [5, 5.41) is 7.12. The molecule has 2 aliphatic heterocycles. The van der Waals surface area contributed by atoms with Crippen molar-refractivity contribution in [1.29, 1.82) is 0 Å². The van der Waals surface area contributed by atoms with Gasteiger partial charge in [0, 0.05) is 50.8 Å². The van der Waals surface area contributed by atoms with E-state index in [0.29, 0.717) is 12.0 Å². The van der Waals surface area contributed by atoms with Crippen molar-refractivity contribution >= 4 is 5.96 Å². The minimum Gasteiger partial charge on any atom is -0.381 e. The van der Waals surface area contributed by atoms with Gasteiger partial charge in [0.05, 0.1) is 6.61 Å². The number of rotatable bonds is 4. The molecule has 2 heterocycles. The molecule has 3 aliphatic rings. The predicted octanol–water partition coefficient (Wildman–Crippen LogP) is 1.06. The van der Waals surface area contributed by atoms with Crippen molar-refractivity contribution in [3.05, 3.63) is 0 Å². The van der Waals surface area contributed by atoms with Crippen LogP contribution in [0.2, 0.25) is 0 Å². The highest BCUT2D eigenvalue weighted by molar-refractivity contribution is 5.80. The van der Waals surface area contributed by atoms with E-state index in [4.69, 9.17) is 4.74 Å². The zero-order valence-corrected chi connectivity index (χ0v) is 13.7. The molecule has 5 nitrogen and oxygen atoms in total. The molecule has 1 aliphatic carbocycles. The van der Waals surface area contributed by atoms with E-state index >= 15 is 0 Å². The molecule has 120 valence electrons. The van der Waals surface area contributed by atoms with Crippen LogP contribution >= 0.6 is 0 Å². The van der Waals surface area contributed by atoms with Crippen molar-refractivity contribution in [1.82, 2.24) is 15.5 Å². The van der Waals surface area contributed by atoms with Crippen LogP contribution in [0.5, 0.6) is 0 Å². The van der Waals surface area contributed by atoms with Gasteiger partial charge < -0.3 is 15.4 Å². The highest BCUT2D eigenvalue weighted by atomic mass is 16.5. The van der Waals surface area contributed by atoms with Gasteiger partial charge in [0.25, 0.3) is 0 Å². The molecule has 3 atom stereocenters. The van der Waals surface area contributed by atoms with Crippen LogP contribution in [0.1, 0.15) is 33.1 Å². The van der Waals surface area contributed by atoms with Crippen LogP contribution in [-0.4, -0.2) is 62.8 Å². The maximum absolute atomic E-state index is 5.52. The Balaban J connectivity index is 1.48. The molecule has 0 bridgehead atoms. The van der Waals surface area contributed by atoms with Gasteiger partial charge in [0.1, 0.15) is 0 Å². The smallest absolute Gasteiger partial charge is 0.191 e. The third-order valence-electron chi connectivity index (χ3n) is 5.23. The number of hydrogen-bond donors (Lipinski definition) is 2. The van der Waals surface area contributed by atoms with E-state index in [1.54, 1.807) is 0 Å². The summed E-state index contributed by atoms with van der Waals surface area (Å²) in [6, 6.07) is 1.38. The lowest BCUT2D eigenvalue weighted by molar-refractivity contribution is 0.160. The maximum atomic E-state index is 5.52. The molecule has 1 saturated carbocycles. The fourth-order valence-corrected chi connectivity index (χ4v) is 3.45. The Morgan fingerprint density at radius 2 is 2.19 bits per heavy atom. The van der Waals surface area contributed by atoms with Crippen LogP contribution in [0.25, 0.3) is 0 Å². The number of ether oxygens (including phenoxy) is 1. The van der Waals surface area contributed by atoms with Gasteiger partial charge in [-0.15, -0.1) is 0 Å². The molecule has 2 N–H and O–H groups in total. The fraction of sp³-hybridized carbons (Fsp3) is 0.938. The maximum Gasteiger partial charge on any atom is 0.191 e. The van der Waals surface area contributed by atoms with Gasteiger partial charge in [-0.05, 0) is 25.2 Å². The van der Waals surface area contributed by atoms with Crippen LogP contribution in [0.3, 0.4) is 0 Å². The minimum atomic E-state index is 0.249. The molecule has 21 heavy (non-hydrogen) atoms. The molecule has 0 aromatic heterocycles. The Labute approximate surface area is 128 Å². The highest BCUT2D eigenvalue weighted by Crippen LogP contribution is 2.31. The molecular formula is C16H30N4O. The van der Waals surface area contributed by atoms with E-state index < -0.39 is 0 Å². The lowest BCUT2D eigenvalue weighted by atomic mass is 9.90. The average molecular weight is 294 g/mol. The fourth-order valence-electron chi connectivity index (χ4n) is 3.45. The van der Waals surface area contributed by atoms with Gasteiger partial charge in [-0.2, -0.15) is 0 Å². The monoisotopic (exact) mass is 294 g/mol. The van der Waals surface area contributed by atoms with Crippen molar-refractivity contribution in [3.8, 4) is 0 Å². The van der Waals surface area contributed by atoms with Crippen molar-refractivity contribution < 1.29 is 4.74 Å². The van der Waals surface area contributed by atoms with Crippen molar-refractivity contribution in [2.75, 3.05) is 39.9 Å². The third-order valence-corrected chi connectivity index (χ3v) is 5.23. The Kier molecular flexibility index (Phi) is 4.41. The number of nitrogens with zero attached hydrogens (tertiary/aromatic N) is 2. The summed E-state index contributed by atoms with van der Waals surface area (Å²) in [5.74, 6) is 1.63. The van der Waals surface area contributed by atoms with Gasteiger partial charge in [0.15, 0.2) is 5.96 Å². The van der Waals surface area contributed by atoms with Gasteiger partial charge in [0.2, 0.25) is 0 Å². The minimum absolute atomic E-state index is 0.249. The van der Waals surface area contributed by atoms with Crippen LogP contribution in [0.4, 0.5) is 0 Å². The van der Waals surface area contributed by atoms with Crippen molar-refractivity contribution in [3.63, 3.8) is 0 Å². The largest absolute Gasteiger partial charge is 0.381 e. The normalized spacial score (nSPS) is 38.0. The molecule has 0 aromatic rings. The second kappa shape index (κ2) is 6.13. The molecule has 0 aromatic carbocycles. The molecule has 0 radical (unpaired) electrons. The first-order valence-electron chi connectivity index (χ1n) is 8.39. The topological polar surface area (TPSA) is 48.9 Å². The van der Waals surface area contributed by atoms with Gasteiger partial charge in [-0.25, -0.2) is 0 Å². The molecule has 5 heteroatoms. The van der Waals surface area contributed by atoms with E-state index in [1.807, 2.05) is 7.05 Å². The van der Waals surface area contributed by atoms with E-state index in [-0.39, 0.29) is 5.41 Å². The second-order valence-corrected chi connectivity index (χ2v) is 7.45. The summed E-state index contributed by atoms with van der Waals surface area (Å²) in [7, 11) is 1.86. The van der Waals surface area contributed by atoms with Crippen molar-refractivity contribution in [2.45, 2.75) is 45.2 Å². The summed E-state index contributed by atoms with van der Waals surface area (Å²) in [4.78, 5) is 7.04. The summed E-state index contributed by atoms with van der Waals surface area (Å²) in [6.07, 6.45) is 3.92. The van der Waals surface area contributed by atoms with Crippen LogP contribution in [-0.2, 0) is 4.74 Å². The first kappa shape index (κ1) is 15.1. The molecular weight excluding hydrogens is 264 g/mol.